The van der Waals surface area contributed by atoms with Crippen LogP contribution in [0.15, 0.2) is 36.5 Å². The minimum absolute atomic E-state index is 0.0432. The van der Waals surface area contributed by atoms with Crippen LogP contribution in [0, 0.1) is 12.8 Å². The lowest BCUT2D eigenvalue weighted by molar-refractivity contribution is -0.141. The Morgan fingerprint density at radius 3 is 2.55 bits per heavy atom. The van der Waals surface area contributed by atoms with Gasteiger partial charge < -0.3 is 19.3 Å². The van der Waals surface area contributed by atoms with Gasteiger partial charge in [-0.05, 0) is 31.0 Å². The van der Waals surface area contributed by atoms with Crippen molar-refractivity contribution >= 4 is 11.8 Å². The first-order chi connectivity index (χ1) is 16.0. The Balaban J connectivity index is 1.40. The van der Waals surface area contributed by atoms with Crippen molar-refractivity contribution in [1.29, 1.82) is 0 Å². The van der Waals surface area contributed by atoms with Gasteiger partial charge in [-0.25, -0.2) is 0 Å². The van der Waals surface area contributed by atoms with Crippen LogP contribution in [0.5, 0.6) is 5.75 Å². The topological polar surface area (TPSA) is 76.9 Å². The fourth-order valence-corrected chi connectivity index (χ4v) is 4.62. The third-order valence-corrected chi connectivity index (χ3v) is 6.79. The molecule has 2 atom stereocenters. The maximum atomic E-state index is 13.0. The molecule has 1 aromatic carbocycles. The summed E-state index contributed by atoms with van der Waals surface area (Å²) in [5, 5.41) is 4.27. The molecule has 3 heterocycles. The largest absolute Gasteiger partial charge is 0.490 e. The van der Waals surface area contributed by atoms with Crippen LogP contribution in [0.3, 0.4) is 0 Å². The van der Waals surface area contributed by atoms with Crippen molar-refractivity contribution in [1.82, 2.24) is 19.6 Å². The molecule has 8 nitrogen and oxygen atoms in total. The molecule has 33 heavy (non-hydrogen) atoms. The highest BCUT2D eigenvalue weighted by Crippen LogP contribution is 2.27. The zero-order valence-corrected chi connectivity index (χ0v) is 19.6. The number of morpholine rings is 1. The Kier molecular flexibility index (Phi) is 7.65. The number of benzene rings is 1. The van der Waals surface area contributed by atoms with E-state index < -0.39 is 0 Å². The molecule has 4 rings (SSSR count). The molecule has 0 saturated carbocycles. The summed E-state index contributed by atoms with van der Waals surface area (Å²) in [5.41, 5.74) is 2.19. The van der Waals surface area contributed by atoms with E-state index in [1.54, 1.807) is 0 Å². The Hall–Kier alpha value is -2.87. The van der Waals surface area contributed by atoms with Gasteiger partial charge in [0.05, 0.1) is 19.4 Å². The van der Waals surface area contributed by atoms with E-state index in [0.29, 0.717) is 65.1 Å². The minimum Gasteiger partial charge on any atom is -0.490 e. The number of amides is 2. The summed E-state index contributed by atoms with van der Waals surface area (Å²) < 4.78 is 13.5. The summed E-state index contributed by atoms with van der Waals surface area (Å²) in [4.78, 5) is 29.8. The molecule has 0 spiro atoms. The Morgan fingerprint density at radius 1 is 1.09 bits per heavy atom. The molecule has 8 heteroatoms. The fraction of sp³-hybridized carbons (Fsp3) is 0.560. The van der Waals surface area contributed by atoms with Gasteiger partial charge >= 0.3 is 0 Å². The van der Waals surface area contributed by atoms with Crippen molar-refractivity contribution < 1.29 is 19.1 Å². The van der Waals surface area contributed by atoms with Gasteiger partial charge in [-0.1, -0.05) is 18.2 Å². The van der Waals surface area contributed by atoms with E-state index in [-0.39, 0.29) is 23.8 Å². The summed E-state index contributed by atoms with van der Waals surface area (Å²) in [5.74, 6) is 1.00. The smallest absolute Gasteiger partial charge is 0.223 e. The van der Waals surface area contributed by atoms with Gasteiger partial charge in [0.25, 0.3) is 0 Å². The van der Waals surface area contributed by atoms with Crippen LogP contribution in [-0.4, -0.2) is 76.9 Å². The van der Waals surface area contributed by atoms with E-state index in [0.717, 1.165) is 17.0 Å². The Morgan fingerprint density at radius 2 is 1.85 bits per heavy atom. The first-order valence-corrected chi connectivity index (χ1v) is 11.8. The van der Waals surface area contributed by atoms with Gasteiger partial charge in [0.15, 0.2) is 0 Å². The summed E-state index contributed by atoms with van der Waals surface area (Å²) in [6.07, 6.45) is 3.96. The summed E-state index contributed by atoms with van der Waals surface area (Å²) >= 11 is 0. The number of nitrogens with zero attached hydrogens (tertiary/aromatic N) is 4. The molecule has 0 bridgehead atoms. The van der Waals surface area contributed by atoms with Gasteiger partial charge in [0.1, 0.15) is 11.9 Å². The van der Waals surface area contributed by atoms with Gasteiger partial charge in [0, 0.05) is 64.1 Å². The van der Waals surface area contributed by atoms with E-state index in [1.165, 1.54) is 0 Å². The number of piperidine rings is 1. The number of carbonyl (C=O) groups is 2. The van der Waals surface area contributed by atoms with Crippen molar-refractivity contribution in [3.05, 3.63) is 47.8 Å². The summed E-state index contributed by atoms with van der Waals surface area (Å²) in [6.45, 7) is 5.62. The number of carbonyl (C=O) groups excluding carboxylic acids is 2. The molecule has 0 N–H and O–H groups in total. The molecule has 2 fully saturated rings. The third-order valence-electron chi connectivity index (χ3n) is 6.79. The molecule has 1 aromatic heterocycles. The summed E-state index contributed by atoms with van der Waals surface area (Å²) in [6, 6.07) is 9.73. The molecule has 2 amide bonds. The average Bonchev–Trinajstić information content (AvgIpc) is 3.17. The van der Waals surface area contributed by atoms with Crippen molar-refractivity contribution in [2.24, 2.45) is 13.0 Å². The van der Waals surface area contributed by atoms with E-state index in [1.807, 2.05) is 65.0 Å². The van der Waals surface area contributed by atoms with Crippen molar-refractivity contribution in [2.45, 2.75) is 38.7 Å². The van der Waals surface area contributed by atoms with E-state index in [9.17, 15) is 9.59 Å². The lowest BCUT2D eigenvalue weighted by atomic mass is 9.90. The second kappa shape index (κ2) is 10.8. The van der Waals surface area contributed by atoms with Crippen LogP contribution in [0.25, 0.3) is 0 Å². The third kappa shape index (κ3) is 5.93. The summed E-state index contributed by atoms with van der Waals surface area (Å²) in [7, 11) is 1.91. The lowest BCUT2D eigenvalue weighted by Gasteiger charge is -2.39. The van der Waals surface area contributed by atoms with Crippen LogP contribution >= 0.6 is 0 Å². The van der Waals surface area contributed by atoms with E-state index in [2.05, 4.69) is 5.10 Å². The number of hydrogen-bond donors (Lipinski definition) is 0. The lowest BCUT2D eigenvalue weighted by Crippen LogP contribution is -2.50. The Labute approximate surface area is 195 Å². The quantitative estimate of drug-likeness (QED) is 0.641. The number of para-hydroxylation sites is 1. The van der Waals surface area contributed by atoms with Gasteiger partial charge in [-0.15, -0.1) is 0 Å². The fourth-order valence-electron chi connectivity index (χ4n) is 4.62. The maximum absolute atomic E-state index is 13.0. The van der Waals surface area contributed by atoms with Crippen LogP contribution < -0.4 is 4.74 Å². The molecule has 0 radical (unpaired) electrons. The highest BCUT2D eigenvalue weighted by Gasteiger charge is 2.35. The standard InChI is InChI=1S/C25H34N4O4/c1-19-20(17-26-27(19)2)8-9-24(30)29-11-10-23(33-22-6-4-3-5-7-22)21(18-29)16-25(31)28-12-14-32-15-13-28/h3-7,17,21,23H,8-16,18H2,1-2H3/t21-,23-/m0/s1. The predicted octanol–water partition coefficient (Wildman–Crippen LogP) is 2.21. The van der Waals surface area contributed by atoms with Crippen LogP contribution in [0.4, 0.5) is 0 Å². The number of ether oxygens (including phenoxy) is 2. The first-order valence-electron chi connectivity index (χ1n) is 11.8. The number of likely N-dealkylation sites (tertiary alicyclic amines) is 1. The maximum Gasteiger partial charge on any atom is 0.223 e. The van der Waals surface area contributed by atoms with Gasteiger partial charge in [-0.3, -0.25) is 14.3 Å². The molecule has 0 unspecified atom stereocenters. The minimum atomic E-state index is -0.0954. The zero-order chi connectivity index (χ0) is 23.2. The van der Waals surface area contributed by atoms with Crippen molar-refractivity contribution in [3.63, 3.8) is 0 Å². The zero-order valence-electron chi connectivity index (χ0n) is 19.6. The molecule has 178 valence electrons. The highest BCUT2D eigenvalue weighted by atomic mass is 16.5. The SMILES string of the molecule is Cc1c(CCC(=O)N2CC[C@H](Oc3ccccc3)[C@@H](CC(=O)N3CCOCC3)C2)cnn1C. The second-order valence-corrected chi connectivity index (χ2v) is 8.93. The van der Waals surface area contributed by atoms with E-state index >= 15 is 0 Å². The van der Waals surface area contributed by atoms with Crippen molar-refractivity contribution in [3.8, 4) is 5.75 Å². The van der Waals surface area contributed by atoms with Gasteiger partial charge in [0.2, 0.25) is 11.8 Å². The van der Waals surface area contributed by atoms with Crippen LogP contribution in [0.2, 0.25) is 0 Å². The molecule has 2 aliphatic heterocycles. The molecular weight excluding hydrogens is 420 g/mol. The van der Waals surface area contributed by atoms with Crippen LogP contribution in [0.1, 0.15) is 30.5 Å². The Bertz CT molecular complexity index is 939. The molecule has 2 aromatic rings. The monoisotopic (exact) mass is 454 g/mol. The molecule has 0 aliphatic carbocycles. The molecule has 2 aliphatic rings. The number of aryl methyl sites for hydroxylation is 2. The normalized spacial score (nSPS) is 21.2. The van der Waals surface area contributed by atoms with Gasteiger partial charge in [-0.2, -0.15) is 5.10 Å². The average molecular weight is 455 g/mol. The second-order valence-electron chi connectivity index (χ2n) is 8.93. The first kappa shape index (κ1) is 23.3. The molecule has 2 saturated heterocycles. The number of rotatable bonds is 7. The highest BCUT2D eigenvalue weighted by molar-refractivity contribution is 5.78. The number of hydrogen-bond acceptors (Lipinski definition) is 5. The van der Waals surface area contributed by atoms with Crippen molar-refractivity contribution in [2.75, 3.05) is 39.4 Å². The van der Waals surface area contributed by atoms with E-state index in [4.69, 9.17) is 9.47 Å². The predicted molar refractivity (Wildman–Crippen MR) is 124 cm³/mol. The molecular formula is C25H34N4O4. The number of aromatic nitrogens is 2. The van der Waals surface area contributed by atoms with Crippen LogP contribution in [-0.2, 0) is 27.8 Å².